The van der Waals surface area contributed by atoms with Gasteiger partial charge in [0.25, 0.3) is 0 Å². The van der Waals surface area contributed by atoms with Crippen LogP contribution in [-0.2, 0) is 0 Å². The molecule has 0 amide bonds. The number of hydrogen-bond donors (Lipinski definition) is 1. The smallest absolute Gasteiger partial charge is 0.0333 e. The van der Waals surface area contributed by atoms with E-state index >= 15 is 0 Å². The predicted molar refractivity (Wildman–Crippen MR) is 77.4 cm³/mol. The quantitative estimate of drug-likeness (QED) is 0.864. The van der Waals surface area contributed by atoms with Crippen LogP contribution in [0.1, 0.15) is 44.2 Å². The van der Waals surface area contributed by atoms with Crippen LogP contribution in [0.3, 0.4) is 0 Å². The number of nitrogens with zero attached hydrogens (tertiary/aromatic N) is 1. The summed E-state index contributed by atoms with van der Waals surface area (Å²) in [6, 6.07) is 11.4. The van der Waals surface area contributed by atoms with Gasteiger partial charge < -0.3 is 10.6 Å². The van der Waals surface area contributed by atoms with E-state index in [1.807, 2.05) is 6.07 Å². The fraction of sp³-hybridized carbons (Fsp3) is 0.625. The van der Waals surface area contributed by atoms with Crippen molar-refractivity contribution in [2.75, 3.05) is 13.6 Å². The SMILES string of the molecule is CC(CN(C)C1CCCC1)C(N)c1ccccc1. The van der Waals surface area contributed by atoms with E-state index in [0.29, 0.717) is 5.92 Å². The van der Waals surface area contributed by atoms with Gasteiger partial charge >= 0.3 is 0 Å². The Labute approximate surface area is 111 Å². The first-order chi connectivity index (χ1) is 8.68. The molecule has 100 valence electrons. The van der Waals surface area contributed by atoms with Gasteiger partial charge in [-0.2, -0.15) is 0 Å². The molecule has 1 aliphatic carbocycles. The minimum Gasteiger partial charge on any atom is -0.324 e. The summed E-state index contributed by atoms with van der Waals surface area (Å²) in [6.45, 7) is 3.36. The standard InChI is InChI=1S/C16H26N2/c1-13(12-18(2)15-10-6-7-11-15)16(17)14-8-4-3-5-9-14/h3-5,8-9,13,15-16H,6-7,10-12,17H2,1-2H3. The van der Waals surface area contributed by atoms with Crippen LogP contribution in [0, 0.1) is 5.92 Å². The Kier molecular flexibility index (Phi) is 4.79. The highest BCUT2D eigenvalue weighted by molar-refractivity contribution is 5.19. The largest absolute Gasteiger partial charge is 0.324 e. The second-order valence-electron chi connectivity index (χ2n) is 5.79. The molecule has 1 aromatic carbocycles. The molecule has 0 aliphatic heterocycles. The Morgan fingerprint density at radius 1 is 1.22 bits per heavy atom. The average Bonchev–Trinajstić information content (AvgIpc) is 2.92. The molecule has 1 saturated carbocycles. The molecule has 2 heteroatoms. The van der Waals surface area contributed by atoms with Crippen molar-refractivity contribution in [3.63, 3.8) is 0 Å². The molecule has 2 unspecified atom stereocenters. The lowest BCUT2D eigenvalue weighted by Gasteiger charge is -2.30. The Morgan fingerprint density at radius 3 is 2.44 bits per heavy atom. The van der Waals surface area contributed by atoms with Crippen LogP contribution >= 0.6 is 0 Å². The van der Waals surface area contributed by atoms with Crippen molar-refractivity contribution in [1.29, 1.82) is 0 Å². The summed E-state index contributed by atoms with van der Waals surface area (Å²) in [4.78, 5) is 2.51. The van der Waals surface area contributed by atoms with E-state index in [-0.39, 0.29) is 6.04 Å². The van der Waals surface area contributed by atoms with Crippen LogP contribution < -0.4 is 5.73 Å². The van der Waals surface area contributed by atoms with Crippen molar-refractivity contribution < 1.29 is 0 Å². The fourth-order valence-electron chi connectivity index (χ4n) is 3.07. The summed E-state index contributed by atoms with van der Waals surface area (Å²) in [5.74, 6) is 0.498. The maximum Gasteiger partial charge on any atom is 0.0333 e. The molecule has 2 rings (SSSR count). The first-order valence-corrected chi connectivity index (χ1v) is 7.19. The second-order valence-corrected chi connectivity index (χ2v) is 5.79. The molecule has 2 N–H and O–H groups in total. The molecule has 0 bridgehead atoms. The second kappa shape index (κ2) is 6.35. The van der Waals surface area contributed by atoms with Gasteiger partial charge in [0.1, 0.15) is 0 Å². The molecule has 18 heavy (non-hydrogen) atoms. The van der Waals surface area contributed by atoms with Crippen LogP contribution in [0.5, 0.6) is 0 Å². The third-order valence-electron chi connectivity index (χ3n) is 4.32. The van der Waals surface area contributed by atoms with Crippen LogP contribution in [0.15, 0.2) is 30.3 Å². The van der Waals surface area contributed by atoms with Gasteiger partial charge in [-0.15, -0.1) is 0 Å². The molecule has 0 aromatic heterocycles. The highest BCUT2D eigenvalue weighted by Crippen LogP contribution is 2.25. The highest BCUT2D eigenvalue weighted by atomic mass is 15.1. The van der Waals surface area contributed by atoms with Gasteiger partial charge in [-0.05, 0) is 31.4 Å². The van der Waals surface area contributed by atoms with Gasteiger partial charge in [0.2, 0.25) is 0 Å². The zero-order chi connectivity index (χ0) is 13.0. The van der Waals surface area contributed by atoms with E-state index in [1.165, 1.54) is 31.2 Å². The average molecular weight is 246 g/mol. The van der Waals surface area contributed by atoms with Crippen molar-refractivity contribution in [3.8, 4) is 0 Å². The van der Waals surface area contributed by atoms with Crippen molar-refractivity contribution in [2.24, 2.45) is 11.7 Å². The zero-order valence-electron chi connectivity index (χ0n) is 11.7. The molecule has 2 nitrogen and oxygen atoms in total. The molecule has 0 spiro atoms. The maximum absolute atomic E-state index is 6.36. The van der Waals surface area contributed by atoms with Crippen LogP contribution in [-0.4, -0.2) is 24.5 Å². The van der Waals surface area contributed by atoms with Gasteiger partial charge in [-0.3, -0.25) is 0 Å². The Bertz CT molecular complexity index is 343. The summed E-state index contributed by atoms with van der Waals surface area (Å²) < 4.78 is 0. The van der Waals surface area contributed by atoms with E-state index in [9.17, 15) is 0 Å². The van der Waals surface area contributed by atoms with Crippen LogP contribution in [0.2, 0.25) is 0 Å². The summed E-state index contributed by atoms with van der Waals surface area (Å²) in [5, 5.41) is 0. The molecule has 1 fully saturated rings. The molecule has 0 radical (unpaired) electrons. The number of benzene rings is 1. The molecule has 1 aliphatic rings. The topological polar surface area (TPSA) is 29.3 Å². The number of hydrogen-bond acceptors (Lipinski definition) is 2. The van der Waals surface area contributed by atoms with Gasteiger partial charge in [0.15, 0.2) is 0 Å². The monoisotopic (exact) mass is 246 g/mol. The van der Waals surface area contributed by atoms with Crippen molar-refractivity contribution in [1.82, 2.24) is 4.90 Å². The van der Waals surface area contributed by atoms with Gasteiger partial charge in [0.05, 0.1) is 0 Å². The number of nitrogens with two attached hydrogens (primary N) is 1. The molecular weight excluding hydrogens is 220 g/mol. The Balaban J connectivity index is 1.88. The Hall–Kier alpha value is -0.860. The van der Waals surface area contributed by atoms with Crippen molar-refractivity contribution >= 4 is 0 Å². The molecule has 0 heterocycles. The fourth-order valence-corrected chi connectivity index (χ4v) is 3.07. The van der Waals surface area contributed by atoms with E-state index in [1.54, 1.807) is 0 Å². The maximum atomic E-state index is 6.36. The molecule has 0 saturated heterocycles. The Morgan fingerprint density at radius 2 is 1.83 bits per heavy atom. The minimum atomic E-state index is 0.148. The van der Waals surface area contributed by atoms with E-state index < -0.39 is 0 Å². The normalized spacial score (nSPS) is 20.2. The van der Waals surface area contributed by atoms with Gasteiger partial charge in [0, 0.05) is 18.6 Å². The van der Waals surface area contributed by atoms with Gasteiger partial charge in [-0.25, -0.2) is 0 Å². The van der Waals surface area contributed by atoms with E-state index in [4.69, 9.17) is 5.73 Å². The van der Waals surface area contributed by atoms with Crippen LogP contribution in [0.25, 0.3) is 0 Å². The highest BCUT2D eigenvalue weighted by Gasteiger charge is 2.23. The summed E-state index contributed by atoms with van der Waals surface area (Å²) >= 11 is 0. The van der Waals surface area contributed by atoms with Crippen molar-refractivity contribution in [2.45, 2.75) is 44.7 Å². The lowest BCUT2D eigenvalue weighted by Crippen LogP contribution is -2.36. The third-order valence-corrected chi connectivity index (χ3v) is 4.32. The predicted octanol–water partition coefficient (Wildman–Crippen LogP) is 3.20. The molecular formula is C16H26N2. The third kappa shape index (κ3) is 3.33. The molecule has 2 atom stereocenters. The minimum absolute atomic E-state index is 0.148. The lowest BCUT2D eigenvalue weighted by atomic mass is 9.94. The lowest BCUT2D eigenvalue weighted by molar-refractivity contribution is 0.201. The summed E-state index contributed by atoms with van der Waals surface area (Å²) in [5.41, 5.74) is 7.61. The van der Waals surface area contributed by atoms with E-state index in [2.05, 4.69) is 43.1 Å². The first-order valence-electron chi connectivity index (χ1n) is 7.19. The van der Waals surface area contributed by atoms with E-state index in [0.717, 1.165) is 12.6 Å². The summed E-state index contributed by atoms with van der Waals surface area (Å²) in [7, 11) is 2.25. The van der Waals surface area contributed by atoms with Crippen molar-refractivity contribution in [3.05, 3.63) is 35.9 Å². The molecule has 1 aromatic rings. The first kappa shape index (κ1) is 13.6. The zero-order valence-corrected chi connectivity index (χ0v) is 11.7. The summed E-state index contributed by atoms with van der Waals surface area (Å²) in [6.07, 6.45) is 5.52. The number of rotatable bonds is 5. The van der Waals surface area contributed by atoms with Crippen LogP contribution in [0.4, 0.5) is 0 Å². The van der Waals surface area contributed by atoms with Gasteiger partial charge in [-0.1, -0.05) is 50.1 Å².